The highest BCUT2D eigenvalue weighted by Gasteiger charge is 2.29. The fourth-order valence-corrected chi connectivity index (χ4v) is 7.09. The second-order valence-electron chi connectivity index (χ2n) is 8.84. The SMILES string of the molecule is CCc1ccc2nc(N(CC3CCCO3)C(=O)c3ccc(S(=O)(=O)N4CCCC4)cc3)sc2c1. The van der Waals surface area contributed by atoms with E-state index in [0.717, 1.165) is 42.3 Å². The molecule has 2 saturated heterocycles. The second kappa shape index (κ2) is 9.73. The number of aryl methyl sites for hydroxylation is 1. The number of hydrogen-bond donors (Lipinski definition) is 0. The molecule has 1 amide bonds. The summed E-state index contributed by atoms with van der Waals surface area (Å²) in [6.45, 7) is 4.34. The van der Waals surface area contributed by atoms with Gasteiger partial charge in [0.2, 0.25) is 10.0 Å². The molecule has 0 N–H and O–H groups in total. The molecular formula is C25H29N3O4S2. The van der Waals surface area contributed by atoms with Crippen LogP contribution in [0.3, 0.4) is 0 Å². The molecule has 2 aliphatic rings. The van der Waals surface area contributed by atoms with Gasteiger partial charge in [-0.1, -0.05) is 24.3 Å². The third kappa shape index (κ3) is 4.62. The van der Waals surface area contributed by atoms with E-state index in [9.17, 15) is 13.2 Å². The average Bonchev–Trinajstić information content (AvgIpc) is 3.63. The van der Waals surface area contributed by atoms with Gasteiger partial charge >= 0.3 is 0 Å². The first-order valence-electron chi connectivity index (χ1n) is 11.9. The van der Waals surface area contributed by atoms with E-state index in [0.29, 0.717) is 36.9 Å². The predicted molar refractivity (Wildman–Crippen MR) is 134 cm³/mol. The van der Waals surface area contributed by atoms with Crippen molar-refractivity contribution < 1.29 is 17.9 Å². The first-order valence-corrected chi connectivity index (χ1v) is 14.1. The van der Waals surface area contributed by atoms with Crippen molar-refractivity contribution in [3.63, 3.8) is 0 Å². The molecule has 7 nitrogen and oxygen atoms in total. The third-order valence-corrected chi connectivity index (χ3v) is 9.49. The van der Waals surface area contributed by atoms with Gasteiger partial charge in [0.05, 0.1) is 27.8 Å². The van der Waals surface area contributed by atoms with Crippen LogP contribution in [0.5, 0.6) is 0 Å². The number of nitrogens with zero attached hydrogens (tertiary/aromatic N) is 3. The zero-order valence-corrected chi connectivity index (χ0v) is 20.9. The summed E-state index contributed by atoms with van der Waals surface area (Å²) in [6, 6.07) is 12.5. The van der Waals surface area contributed by atoms with Crippen molar-refractivity contribution in [1.29, 1.82) is 0 Å². The van der Waals surface area contributed by atoms with E-state index < -0.39 is 10.0 Å². The third-order valence-electron chi connectivity index (χ3n) is 6.54. The quantitative estimate of drug-likeness (QED) is 0.479. The van der Waals surface area contributed by atoms with Crippen LogP contribution in [0.15, 0.2) is 47.4 Å². The molecule has 0 spiro atoms. The first kappa shape index (κ1) is 23.4. The maximum atomic E-state index is 13.6. The summed E-state index contributed by atoms with van der Waals surface area (Å²) < 4.78 is 34.1. The smallest absolute Gasteiger partial charge is 0.260 e. The number of aromatic nitrogens is 1. The lowest BCUT2D eigenvalue weighted by atomic mass is 10.1. The minimum Gasteiger partial charge on any atom is -0.376 e. The largest absolute Gasteiger partial charge is 0.376 e. The van der Waals surface area contributed by atoms with Gasteiger partial charge in [0.15, 0.2) is 5.13 Å². The van der Waals surface area contributed by atoms with Crippen molar-refractivity contribution in [2.24, 2.45) is 0 Å². The lowest BCUT2D eigenvalue weighted by molar-refractivity contribution is 0.0917. The molecular weight excluding hydrogens is 470 g/mol. The Labute approximate surface area is 204 Å². The Morgan fingerprint density at radius 1 is 1.15 bits per heavy atom. The van der Waals surface area contributed by atoms with Crippen LogP contribution in [-0.4, -0.2) is 56.0 Å². The minimum atomic E-state index is -3.52. The molecule has 1 atom stereocenters. The predicted octanol–water partition coefficient (Wildman–Crippen LogP) is 4.47. The summed E-state index contributed by atoms with van der Waals surface area (Å²) in [5.74, 6) is -0.199. The van der Waals surface area contributed by atoms with E-state index in [1.807, 2.05) is 6.07 Å². The van der Waals surface area contributed by atoms with Gasteiger partial charge in [-0.05, 0) is 74.1 Å². The number of fused-ring (bicyclic) bond motifs is 1. The molecule has 34 heavy (non-hydrogen) atoms. The van der Waals surface area contributed by atoms with Crippen LogP contribution < -0.4 is 4.90 Å². The molecule has 2 fully saturated rings. The zero-order valence-electron chi connectivity index (χ0n) is 19.3. The molecule has 1 unspecified atom stereocenters. The molecule has 0 radical (unpaired) electrons. The van der Waals surface area contributed by atoms with Crippen LogP contribution in [0.25, 0.3) is 10.2 Å². The summed E-state index contributed by atoms with van der Waals surface area (Å²) in [5.41, 5.74) is 2.54. The zero-order chi connectivity index (χ0) is 23.7. The number of ether oxygens (including phenoxy) is 1. The van der Waals surface area contributed by atoms with Crippen LogP contribution in [-0.2, 0) is 21.2 Å². The monoisotopic (exact) mass is 499 g/mol. The molecule has 5 rings (SSSR count). The van der Waals surface area contributed by atoms with Gasteiger partial charge in [-0.2, -0.15) is 4.31 Å². The van der Waals surface area contributed by atoms with Gasteiger partial charge in [-0.25, -0.2) is 13.4 Å². The van der Waals surface area contributed by atoms with Crippen LogP contribution in [0.4, 0.5) is 5.13 Å². The molecule has 3 heterocycles. The maximum Gasteiger partial charge on any atom is 0.260 e. The fourth-order valence-electron chi connectivity index (χ4n) is 4.53. The number of thiazole rings is 1. The van der Waals surface area contributed by atoms with Crippen molar-refractivity contribution in [1.82, 2.24) is 9.29 Å². The average molecular weight is 500 g/mol. The van der Waals surface area contributed by atoms with Gasteiger partial charge in [0, 0.05) is 25.3 Å². The number of benzene rings is 2. The van der Waals surface area contributed by atoms with Crippen molar-refractivity contribution in [2.45, 2.75) is 50.0 Å². The molecule has 9 heteroatoms. The number of amides is 1. The Kier molecular flexibility index (Phi) is 6.70. The number of sulfonamides is 1. The van der Waals surface area contributed by atoms with Gasteiger partial charge in [-0.3, -0.25) is 9.69 Å². The molecule has 2 aliphatic heterocycles. The van der Waals surface area contributed by atoms with Crippen LogP contribution >= 0.6 is 11.3 Å². The summed E-state index contributed by atoms with van der Waals surface area (Å²) in [6.07, 6.45) is 4.56. The van der Waals surface area contributed by atoms with Gasteiger partial charge in [0.1, 0.15) is 0 Å². The number of hydrogen-bond acceptors (Lipinski definition) is 6. The van der Waals surface area contributed by atoms with Crippen molar-refractivity contribution in [2.75, 3.05) is 31.1 Å². The summed E-state index contributed by atoms with van der Waals surface area (Å²) in [7, 11) is -3.52. The Hall–Kier alpha value is -2.33. The molecule has 0 bridgehead atoms. The van der Waals surface area contributed by atoms with E-state index in [2.05, 4.69) is 19.1 Å². The van der Waals surface area contributed by atoms with Gasteiger partial charge < -0.3 is 4.74 Å². The molecule has 0 saturated carbocycles. The maximum absolute atomic E-state index is 13.6. The molecule has 180 valence electrons. The number of carbonyl (C=O) groups is 1. The lowest BCUT2D eigenvalue weighted by Crippen LogP contribution is -2.37. The highest BCUT2D eigenvalue weighted by Crippen LogP contribution is 2.32. The number of anilines is 1. The van der Waals surface area contributed by atoms with Crippen LogP contribution in [0.1, 0.15) is 48.5 Å². The van der Waals surface area contributed by atoms with E-state index in [-0.39, 0.29) is 16.9 Å². The van der Waals surface area contributed by atoms with Crippen molar-refractivity contribution in [3.05, 3.63) is 53.6 Å². The van der Waals surface area contributed by atoms with E-state index >= 15 is 0 Å². The first-order chi connectivity index (χ1) is 16.5. The highest BCUT2D eigenvalue weighted by atomic mass is 32.2. The molecule has 2 aromatic carbocycles. The molecule has 1 aromatic heterocycles. The fraction of sp³-hybridized carbons (Fsp3) is 0.440. The van der Waals surface area contributed by atoms with Crippen LogP contribution in [0, 0.1) is 0 Å². The van der Waals surface area contributed by atoms with E-state index in [4.69, 9.17) is 9.72 Å². The molecule has 0 aliphatic carbocycles. The Bertz CT molecular complexity index is 1280. The number of carbonyl (C=O) groups excluding carboxylic acids is 1. The summed E-state index contributed by atoms with van der Waals surface area (Å²) in [4.78, 5) is 20.3. The highest BCUT2D eigenvalue weighted by molar-refractivity contribution is 7.89. The van der Waals surface area contributed by atoms with E-state index in [1.54, 1.807) is 17.0 Å². The Morgan fingerprint density at radius 2 is 1.91 bits per heavy atom. The van der Waals surface area contributed by atoms with Gasteiger partial charge in [0.25, 0.3) is 5.91 Å². The Morgan fingerprint density at radius 3 is 2.59 bits per heavy atom. The Balaban J connectivity index is 1.44. The standard InChI is InChI=1S/C25H29N3O4S2/c1-2-18-7-12-22-23(16-18)33-25(26-22)28(17-20-6-5-15-32-20)24(29)19-8-10-21(11-9-19)34(30,31)27-13-3-4-14-27/h7-12,16,20H,2-6,13-15,17H2,1H3. The van der Waals surface area contributed by atoms with Crippen molar-refractivity contribution >= 4 is 42.6 Å². The molecule has 3 aromatic rings. The normalized spacial score (nSPS) is 19.1. The summed E-state index contributed by atoms with van der Waals surface area (Å²) in [5, 5.41) is 0.637. The van der Waals surface area contributed by atoms with Crippen LogP contribution in [0.2, 0.25) is 0 Å². The lowest BCUT2D eigenvalue weighted by Gasteiger charge is -2.23. The topological polar surface area (TPSA) is 79.8 Å². The van der Waals surface area contributed by atoms with Crippen molar-refractivity contribution in [3.8, 4) is 0 Å². The number of rotatable bonds is 7. The van der Waals surface area contributed by atoms with E-state index in [1.165, 1.54) is 33.3 Å². The second-order valence-corrected chi connectivity index (χ2v) is 11.8. The summed E-state index contributed by atoms with van der Waals surface area (Å²) >= 11 is 1.50. The minimum absolute atomic E-state index is 0.0306. The van der Waals surface area contributed by atoms with Gasteiger partial charge in [-0.15, -0.1) is 0 Å².